The van der Waals surface area contributed by atoms with Crippen molar-refractivity contribution < 1.29 is 33.6 Å². The summed E-state index contributed by atoms with van der Waals surface area (Å²) < 4.78 is 24.5. The third-order valence-corrected chi connectivity index (χ3v) is 8.28. The third kappa shape index (κ3) is 6.51. The zero-order valence-electron chi connectivity index (χ0n) is 22.5. The number of phenolic OH excluding ortho intramolecular Hbond substituents is 1. The summed E-state index contributed by atoms with van der Waals surface area (Å²) in [5.41, 5.74) is 1.22. The van der Waals surface area contributed by atoms with Crippen molar-refractivity contribution in [2.75, 3.05) is 26.9 Å². The summed E-state index contributed by atoms with van der Waals surface area (Å²) in [7, 11) is 1.26. The largest absolute Gasteiger partial charge is 0.506 e. The van der Waals surface area contributed by atoms with E-state index in [0.29, 0.717) is 47.8 Å². The molecule has 1 N–H and O–H groups in total. The number of aromatic nitrogens is 1. The fourth-order valence-corrected chi connectivity index (χ4v) is 6.81. The number of benzene rings is 2. The molecule has 13 heteroatoms. The van der Waals surface area contributed by atoms with Gasteiger partial charge in [0.25, 0.3) is 5.56 Å². The van der Waals surface area contributed by atoms with Gasteiger partial charge in [0.05, 0.1) is 45.7 Å². The van der Waals surface area contributed by atoms with Gasteiger partial charge in [0.1, 0.15) is 5.75 Å². The van der Waals surface area contributed by atoms with E-state index in [1.807, 2.05) is 22.6 Å². The van der Waals surface area contributed by atoms with E-state index in [4.69, 9.17) is 14.2 Å². The molecule has 0 saturated carbocycles. The molecule has 0 bridgehead atoms. The topological polar surface area (TPSA) is 126 Å². The zero-order valence-corrected chi connectivity index (χ0v) is 27.1. The van der Waals surface area contributed by atoms with Crippen LogP contribution in [-0.2, 0) is 19.1 Å². The van der Waals surface area contributed by atoms with Crippen molar-refractivity contribution in [3.8, 4) is 17.2 Å². The summed E-state index contributed by atoms with van der Waals surface area (Å²) in [5, 5.41) is 10.6. The SMILES string of the molecule is CCOC(=O)C1=C(C)N=c2s/c(=C/c3cc(Br)cc(I)c3O)c(=O)n2[C@@H]1c1ccc(OCC(=O)OC)c(OCC)c1. The minimum absolute atomic E-state index is 0.0449. The van der Waals surface area contributed by atoms with Gasteiger partial charge in [-0.3, -0.25) is 9.36 Å². The van der Waals surface area contributed by atoms with Crippen LogP contribution in [0.5, 0.6) is 17.2 Å². The van der Waals surface area contributed by atoms with E-state index in [9.17, 15) is 19.5 Å². The smallest absolute Gasteiger partial charge is 0.343 e. The molecule has 2 aromatic carbocycles. The average molecular weight is 757 g/mol. The lowest BCUT2D eigenvalue weighted by Crippen LogP contribution is -2.40. The Morgan fingerprint density at radius 2 is 1.93 bits per heavy atom. The van der Waals surface area contributed by atoms with Crippen LogP contribution >= 0.6 is 49.9 Å². The van der Waals surface area contributed by atoms with Crippen LogP contribution < -0.4 is 24.4 Å². The first-order valence-electron chi connectivity index (χ1n) is 12.4. The molecule has 0 unspecified atom stereocenters. The molecule has 1 aliphatic rings. The molecule has 0 aliphatic carbocycles. The van der Waals surface area contributed by atoms with Crippen LogP contribution in [-0.4, -0.2) is 48.5 Å². The van der Waals surface area contributed by atoms with E-state index in [-0.39, 0.29) is 24.5 Å². The highest BCUT2D eigenvalue weighted by molar-refractivity contribution is 14.1. The van der Waals surface area contributed by atoms with E-state index in [2.05, 4.69) is 25.7 Å². The normalized spacial score (nSPS) is 14.8. The molecule has 0 amide bonds. The Hall–Kier alpha value is -3.17. The van der Waals surface area contributed by atoms with Gasteiger partial charge >= 0.3 is 11.9 Å². The fraction of sp³-hybridized carbons (Fsp3) is 0.286. The molecular formula is C28H26BrIN2O8S. The van der Waals surface area contributed by atoms with Crippen LogP contribution in [0.15, 0.2) is 55.9 Å². The quantitative estimate of drug-likeness (QED) is 0.258. The Bertz CT molecular complexity index is 1730. The highest BCUT2D eigenvalue weighted by Gasteiger charge is 2.34. The van der Waals surface area contributed by atoms with Gasteiger partial charge in [0, 0.05) is 10.0 Å². The summed E-state index contributed by atoms with van der Waals surface area (Å²) in [6.45, 7) is 5.31. The van der Waals surface area contributed by atoms with Gasteiger partial charge in [-0.2, -0.15) is 0 Å². The van der Waals surface area contributed by atoms with Crippen molar-refractivity contribution in [2.45, 2.75) is 26.8 Å². The third-order valence-electron chi connectivity index (χ3n) is 6.02. The number of hydrogen-bond acceptors (Lipinski definition) is 10. The van der Waals surface area contributed by atoms with Crippen LogP contribution in [0, 0.1) is 3.57 Å². The Kier molecular flexibility index (Phi) is 9.92. The number of hydrogen-bond donors (Lipinski definition) is 1. The molecule has 3 aromatic rings. The average Bonchev–Trinajstić information content (AvgIpc) is 3.23. The minimum Gasteiger partial charge on any atom is -0.506 e. The number of halogens is 2. The number of esters is 2. The highest BCUT2D eigenvalue weighted by atomic mass is 127. The number of aromatic hydroxyl groups is 1. The van der Waals surface area contributed by atoms with Crippen molar-refractivity contribution >= 4 is 67.9 Å². The van der Waals surface area contributed by atoms with Crippen molar-refractivity contribution in [2.24, 2.45) is 4.99 Å². The van der Waals surface area contributed by atoms with Gasteiger partial charge in [-0.15, -0.1) is 0 Å². The number of thiazole rings is 1. The first-order chi connectivity index (χ1) is 19.6. The first kappa shape index (κ1) is 30.8. The molecule has 41 heavy (non-hydrogen) atoms. The predicted molar refractivity (Wildman–Crippen MR) is 164 cm³/mol. The number of ether oxygens (including phenoxy) is 4. The minimum atomic E-state index is -0.891. The lowest BCUT2D eigenvalue weighted by Gasteiger charge is -2.25. The molecule has 0 saturated heterocycles. The van der Waals surface area contributed by atoms with Gasteiger partial charge < -0.3 is 24.1 Å². The number of allylic oxidation sites excluding steroid dienone is 1. The second-order valence-electron chi connectivity index (χ2n) is 8.63. The van der Waals surface area contributed by atoms with E-state index in [1.165, 1.54) is 11.7 Å². The Morgan fingerprint density at radius 1 is 1.17 bits per heavy atom. The van der Waals surface area contributed by atoms with Crippen molar-refractivity contribution in [1.29, 1.82) is 0 Å². The summed E-state index contributed by atoms with van der Waals surface area (Å²) >= 11 is 6.59. The lowest BCUT2D eigenvalue weighted by atomic mass is 9.95. The summed E-state index contributed by atoms with van der Waals surface area (Å²) in [6, 6.07) is 7.55. The van der Waals surface area contributed by atoms with Gasteiger partial charge in [-0.1, -0.05) is 33.3 Å². The van der Waals surface area contributed by atoms with Gasteiger partial charge in [-0.25, -0.2) is 14.6 Å². The molecule has 4 rings (SSSR count). The Balaban J connectivity index is 1.93. The molecule has 216 valence electrons. The van der Waals surface area contributed by atoms with E-state index < -0.39 is 23.5 Å². The van der Waals surface area contributed by atoms with E-state index in [0.717, 1.165) is 15.8 Å². The molecule has 1 atom stereocenters. The van der Waals surface area contributed by atoms with Gasteiger partial charge in [0.2, 0.25) is 0 Å². The Morgan fingerprint density at radius 3 is 2.61 bits per heavy atom. The molecule has 1 aliphatic heterocycles. The van der Waals surface area contributed by atoms with Crippen LogP contribution in [0.25, 0.3) is 6.08 Å². The van der Waals surface area contributed by atoms with Crippen molar-refractivity contribution in [1.82, 2.24) is 4.57 Å². The van der Waals surface area contributed by atoms with Crippen LogP contribution in [0.2, 0.25) is 0 Å². The zero-order chi connectivity index (χ0) is 29.8. The van der Waals surface area contributed by atoms with Gasteiger partial charge in [-0.05, 0) is 79.3 Å². The number of carbonyl (C=O) groups excluding carboxylic acids is 2. The fourth-order valence-electron chi connectivity index (χ4n) is 4.22. The molecule has 0 spiro atoms. The number of rotatable bonds is 9. The molecule has 0 fully saturated rings. The van der Waals surface area contributed by atoms with E-state index >= 15 is 0 Å². The number of methoxy groups -OCH3 is 1. The lowest BCUT2D eigenvalue weighted by molar-refractivity contribution is -0.143. The number of fused-ring (bicyclic) bond motifs is 1. The highest BCUT2D eigenvalue weighted by Crippen LogP contribution is 2.36. The molecule has 1 aromatic heterocycles. The van der Waals surface area contributed by atoms with Crippen LogP contribution in [0.1, 0.15) is 37.9 Å². The number of carbonyl (C=O) groups is 2. The van der Waals surface area contributed by atoms with Crippen molar-refractivity contribution in [3.05, 3.63) is 80.5 Å². The maximum atomic E-state index is 13.9. The molecular weight excluding hydrogens is 731 g/mol. The van der Waals surface area contributed by atoms with Crippen LogP contribution in [0.3, 0.4) is 0 Å². The van der Waals surface area contributed by atoms with Crippen molar-refractivity contribution in [3.63, 3.8) is 0 Å². The first-order valence-corrected chi connectivity index (χ1v) is 15.1. The monoisotopic (exact) mass is 756 g/mol. The second-order valence-corrected chi connectivity index (χ2v) is 11.7. The van der Waals surface area contributed by atoms with Crippen LogP contribution in [0.4, 0.5) is 0 Å². The van der Waals surface area contributed by atoms with E-state index in [1.54, 1.807) is 57.2 Å². The van der Waals surface area contributed by atoms with Gasteiger partial charge in [0.15, 0.2) is 22.9 Å². The second kappa shape index (κ2) is 13.2. The predicted octanol–water partition coefficient (Wildman–Crippen LogP) is 3.82. The maximum absolute atomic E-state index is 13.9. The number of phenols is 1. The summed E-state index contributed by atoms with van der Waals surface area (Å²) in [4.78, 5) is 43.7. The molecule has 10 nitrogen and oxygen atoms in total. The molecule has 2 heterocycles. The standard InChI is InChI=1S/C28H26BrIN2O8S/c1-5-38-20-10-15(7-8-19(20)40-13-22(33)37-4)24-23(27(36)39-6-2)14(3)31-28-32(24)26(35)21(41-28)11-16-9-17(29)12-18(30)25(16)34/h7-12,24,34H,5-6,13H2,1-4H3/b21-11+/t24-/m1/s1. The summed E-state index contributed by atoms with van der Waals surface area (Å²) in [6.07, 6.45) is 1.60. The maximum Gasteiger partial charge on any atom is 0.343 e. The Labute approximate surface area is 261 Å². The summed E-state index contributed by atoms with van der Waals surface area (Å²) in [5.74, 6) is -0.494. The molecule has 0 radical (unpaired) electrons. The number of nitrogens with zero attached hydrogens (tertiary/aromatic N) is 2.